The van der Waals surface area contributed by atoms with Gasteiger partial charge >= 0.3 is 5.97 Å². The molecule has 1 N–H and O–H groups in total. The third-order valence-corrected chi connectivity index (χ3v) is 4.65. The van der Waals surface area contributed by atoms with E-state index in [2.05, 4.69) is 18.7 Å². The number of aromatic nitrogens is 1. The van der Waals surface area contributed by atoms with E-state index in [1.54, 1.807) is 11.3 Å². The van der Waals surface area contributed by atoms with Gasteiger partial charge in [-0.2, -0.15) is 0 Å². The largest absolute Gasteiger partial charge is 0.481 e. The van der Waals surface area contributed by atoms with E-state index in [1.807, 2.05) is 0 Å². The molecular weight excluding hydrogens is 260 g/mol. The first-order valence-electron chi connectivity index (χ1n) is 7.05. The predicted molar refractivity (Wildman–Crippen MR) is 78.1 cm³/mol. The number of nitrogens with zero attached hydrogens (tertiary/aromatic N) is 2. The number of carbonyl (C=O) groups is 1. The molecule has 0 amide bonds. The smallest absolute Gasteiger partial charge is 0.308 e. The van der Waals surface area contributed by atoms with E-state index < -0.39 is 5.97 Å². The van der Waals surface area contributed by atoms with Gasteiger partial charge in [-0.25, -0.2) is 4.98 Å². The molecule has 1 fully saturated rings. The van der Waals surface area contributed by atoms with Crippen LogP contribution in [-0.4, -0.2) is 29.1 Å². The number of thiazole rings is 1. The van der Waals surface area contributed by atoms with Crippen molar-refractivity contribution in [2.24, 2.45) is 5.92 Å². The summed E-state index contributed by atoms with van der Waals surface area (Å²) < 4.78 is 0. The van der Waals surface area contributed by atoms with Crippen molar-refractivity contribution in [2.75, 3.05) is 18.0 Å². The van der Waals surface area contributed by atoms with Gasteiger partial charge in [-0.3, -0.25) is 4.79 Å². The monoisotopic (exact) mass is 282 g/mol. The lowest BCUT2D eigenvalue weighted by Crippen LogP contribution is -2.34. The second-order valence-corrected chi connectivity index (χ2v) is 6.44. The summed E-state index contributed by atoms with van der Waals surface area (Å²) in [6, 6.07) is 0. The fourth-order valence-electron chi connectivity index (χ4n) is 2.58. The van der Waals surface area contributed by atoms with Crippen molar-refractivity contribution in [1.29, 1.82) is 0 Å². The van der Waals surface area contributed by atoms with Gasteiger partial charge in [0.1, 0.15) is 0 Å². The van der Waals surface area contributed by atoms with Crippen molar-refractivity contribution in [3.05, 3.63) is 10.6 Å². The van der Waals surface area contributed by atoms with Crippen LogP contribution in [0.15, 0.2) is 0 Å². The van der Waals surface area contributed by atoms with E-state index in [9.17, 15) is 4.79 Å². The molecular formula is C14H22N2O2S. The van der Waals surface area contributed by atoms with E-state index in [0.717, 1.165) is 41.6 Å². The third kappa shape index (κ3) is 3.69. The minimum atomic E-state index is -0.764. The first-order chi connectivity index (χ1) is 9.10. The van der Waals surface area contributed by atoms with E-state index in [1.165, 1.54) is 12.8 Å². The molecule has 1 saturated heterocycles. The Kier molecular flexibility index (Phi) is 4.80. The Balaban J connectivity index is 2.18. The molecule has 1 aliphatic heterocycles. The molecule has 0 bridgehead atoms. The molecule has 1 atom stereocenters. The highest BCUT2D eigenvalue weighted by Crippen LogP contribution is 2.30. The second-order valence-electron chi connectivity index (χ2n) is 5.38. The van der Waals surface area contributed by atoms with Gasteiger partial charge in [0.15, 0.2) is 5.13 Å². The zero-order valence-corrected chi connectivity index (χ0v) is 12.5. The standard InChI is InChI=1S/C14H22N2O2S/c1-3-5-11-12(8-13(17)18)19-14(15-11)16-7-4-6-10(2)9-16/h10H,3-9H2,1-2H3,(H,17,18). The van der Waals surface area contributed by atoms with Crippen LogP contribution in [0.3, 0.4) is 0 Å². The Morgan fingerprint density at radius 2 is 2.37 bits per heavy atom. The number of piperidine rings is 1. The fraction of sp³-hybridized carbons (Fsp3) is 0.714. The van der Waals surface area contributed by atoms with Crippen LogP contribution in [-0.2, 0) is 17.6 Å². The van der Waals surface area contributed by atoms with Crippen molar-refractivity contribution in [2.45, 2.75) is 46.0 Å². The van der Waals surface area contributed by atoms with Gasteiger partial charge in [0.05, 0.1) is 12.1 Å². The van der Waals surface area contributed by atoms with Crippen LogP contribution >= 0.6 is 11.3 Å². The number of aliphatic carboxylic acids is 1. The zero-order valence-electron chi connectivity index (χ0n) is 11.7. The summed E-state index contributed by atoms with van der Waals surface area (Å²) in [5.41, 5.74) is 0.989. The van der Waals surface area contributed by atoms with Crippen molar-refractivity contribution >= 4 is 22.4 Å². The highest BCUT2D eigenvalue weighted by atomic mass is 32.1. The summed E-state index contributed by atoms with van der Waals surface area (Å²) in [5.74, 6) is -0.0604. The Bertz CT molecular complexity index is 445. The van der Waals surface area contributed by atoms with Crippen LogP contribution in [0.5, 0.6) is 0 Å². The fourth-order valence-corrected chi connectivity index (χ4v) is 3.71. The summed E-state index contributed by atoms with van der Waals surface area (Å²) in [4.78, 5) is 18.9. The van der Waals surface area contributed by atoms with Gasteiger partial charge in [-0.1, -0.05) is 20.3 Å². The Morgan fingerprint density at radius 3 is 3.00 bits per heavy atom. The summed E-state index contributed by atoms with van der Waals surface area (Å²) in [6.45, 7) is 6.47. The molecule has 0 radical (unpaired) electrons. The number of aryl methyl sites for hydroxylation is 1. The molecule has 1 aromatic rings. The second kappa shape index (κ2) is 6.37. The molecule has 5 heteroatoms. The van der Waals surface area contributed by atoms with Crippen molar-refractivity contribution < 1.29 is 9.90 Å². The average Bonchev–Trinajstić information content (AvgIpc) is 2.72. The topological polar surface area (TPSA) is 53.4 Å². The van der Waals surface area contributed by atoms with E-state index in [4.69, 9.17) is 10.1 Å². The van der Waals surface area contributed by atoms with Crippen LogP contribution in [0.25, 0.3) is 0 Å². The van der Waals surface area contributed by atoms with Crippen LogP contribution in [0, 0.1) is 5.92 Å². The lowest BCUT2D eigenvalue weighted by molar-refractivity contribution is -0.136. The normalized spacial score (nSPS) is 19.7. The van der Waals surface area contributed by atoms with Gasteiger partial charge in [0, 0.05) is 18.0 Å². The van der Waals surface area contributed by atoms with Crippen LogP contribution in [0.2, 0.25) is 0 Å². The maximum Gasteiger partial charge on any atom is 0.308 e. The summed E-state index contributed by atoms with van der Waals surface area (Å²) in [7, 11) is 0. The number of rotatable bonds is 5. The highest BCUT2D eigenvalue weighted by Gasteiger charge is 2.21. The molecule has 19 heavy (non-hydrogen) atoms. The van der Waals surface area contributed by atoms with Gasteiger partial charge in [-0.15, -0.1) is 11.3 Å². The van der Waals surface area contributed by atoms with Crippen molar-refractivity contribution in [3.8, 4) is 0 Å². The summed E-state index contributed by atoms with van der Waals surface area (Å²) >= 11 is 1.57. The number of hydrogen-bond donors (Lipinski definition) is 1. The highest BCUT2D eigenvalue weighted by molar-refractivity contribution is 7.15. The molecule has 0 saturated carbocycles. The van der Waals surface area contributed by atoms with Crippen LogP contribution < -0.4 is 4.90 Å². The Hall–Kier alpha value is -1.10. The Morgan fingerprint density at radius 1 is 1.58 bits per heavy atom. The number of carboxylic acid groups (broad SMARTS) is 1. The first-order valence-corrected chi connectivity index (χ1v) is 7.87. The molecule has 0 aromatic carbocycles. The number of anilines is 1. The van der Waals surface area contributed by atoms with Gasteiger partial charge in [-0.05, 0) is 25.2 Å². The minimum Gasteiger partial charge on any atom is -0.481 e. The third-order valence-electron chi connectivity index (χ3n) is 3.49. The minimum absolute atomic E-state index is 0.108. The Labute approximate surface area is 118 Å². The van der Waals surface area contributed by atoms with E-state index >= 15 is 0 Å². The first kappa shape index (κ1) is 14.3. The molecule has 2 rings (SSSR count). The lowest BCUT2D eigenvalue weighted by atomic mass is 10.0. The zero-order chi connectivity index (χ0) is 13.8. The molecule has 0 aliphatic carbocycles. The SMILES string of the molecule is CCCc1nc(N2CCCC(C)C2)sc1CC(=O)O. The maximum atomic E-state index is 10.9. The average molecular weight is 282 g/mol. The summed E-state index contributed by atoms with van der Waals surface area (Å²) in [5, 5.41) is 10.0. The quantitative estimate of drug-likeness (QED) is 0.902. The van der Waals surface area contributed by atoms with Gasteiger partial charge in [0.25, 0.3) is 0 Å². The molecule has 4 nitrogen and oxygen atoms in total. The molecule has 0 spiro atoms. The summed E-state index contributed by atoms with van der Waals surface area (Å²) in [6.07, 6.45) is 4.48. The number of carboxylic acids is 1. The number of hydrogen-bond acceptors (Lipinski definition) is 4. The molecule has 1 aliphatic rings. The maximum absolute atomic E-state index is 10.9. The molecule has 106 valence electrons. The lowest BCUT2D eigenvalue weighted by Gasteiger charge is -2.30. The van der Waals surface area contributed by atoms with Crippen molar-refractivity contribution in [1.82, 2.24) is 4.98 Å². The molecule has 1 unspecified atom stereocenters. The van der Waals surface area contributed by atoms with Gasteiger partial charge in [0.2, 0.25) is 0 Å². The van der Waals surface area contributed by atoms with E-state index in [0.29, 0.717) is 5.92 Å². The van der Waals surface area contributed by atoms with Gasteiger partial charge < -0.3 is 10.0 Å². The predicted octanol–water partition coefficient (Wildman–Crippen LogP) is 2.96. The van der Waals surface area contributed by atoms with E-state index in [-0.39, 0.29) is 6.42 Å². The molecule has 2 heterocycles. The van der Waals surface area contributed by atoms with Crippen LogP contribution in [0.4, 0.5) is 5.13 Å². The molecule has 1 aromatic heterocycles. The van der Waals surface area contributed by atoms with Crippen molar-refractivity contribution in [3.63, 3.8) is 0 Å². The van der Waals surface area contributed by atoms with Crippen LogP contribution in [0.1, 0.15) is 43.7 Å².